The predicted octanol–water partition coefficient (Wildman–Crippen LogP) is 3.81. The summed E-state index contributed by atoms with van der Waals surface area (Å²) in [6.07, 6.45) is -3.21. The van der Waals surface area contributed by atoms with Gasteiger partial charge in [0, 0.05) is 45.0 Å². The van der Waals surface area contributed by atoms with E-state index in [1.807, 2.05) is 6.92 Å². The number of rotatable bonds is 7. The second-order valence-corrected chi connectivity index (χ2v) is 8.13. The number of halogens is 4. The highest BCUT2D eigenvalue weighted by atomic mass is 35.5. The standard InChI is InChI=1S/C20H22F3N5O3S.ClH/c1-2-28-16(5-6-24-28)18(29)27(8-7-26-9-11-30-12-10-26)19-25-15-4-3-14(13-17(15)32-19)31-20(21,22)23;/h3-6,13H,2,7-12H2,1H3;1H. The molecule has 33 heavy (non-hydrogen) atoms. The number of anilines is 1. The molecule has 1 saturated heterocycles. The summed E-state index contributed by atoms with van der Waals surface area (Å²) in [5, 5.41) is 4.58. The van der Waals surface area contributed by atoms with E-state index in [0.717, 1.165) is 24.4 Å². The normalized spacial score (nSPS) is 14.8. The summed E-state index contributed by atoms with van der Waals surface area (Å²) in [6, 6.07) is 5.60. The van der Waals surface area contributed by atoms with Gasteiger partial charge in [0.2, 0.25) is 0 Å². The Labute approximate surface area is 198 Å². The highest BCUT2D eigenvalue weighted by Gasteiger charge is 2.31. The first-order valence-electron chi connectivity index (χ1n) is 10.1. The third-order valence-corrected chi connectivity index (χ3v) is 6.08. The Balaban J connectivity index is 0.00000306. The molecule has 0 radical (unpaired) electrons. The van der Waals surface area contributed by atoms with Crippen molar-refractivity contribution in [3.05, 3.63) is 36.2 Å². The molecule has 1 aliphatic heterocycles. The van der Waals surface area contributed by atoms with Crippen molar-refractivity contribution in [3.63, 3.8) is 0 Å². The van der Waals surface area contributed by atoms with Crippen LogP contribution in [0.1, 0.15) is 17.4 Å². The zero-order valence-electron chi connectivity index (χ0n) is 17.7. The maximum atomic E-state index is 13.4. The number of aromatic nitrogens is 3. The van der Waals surface area contributed by atoms with E-state index >= 15 is 0 Å². The van der Waals surface area contributed by atoms with Crippen molar-refractivity contribution in [2.75, 3.05) is 44.3 Å². The van der Waals surface area contributed by atoms with E-state index in [0.29, 0.717) is 53.9 Å². The monoisotopic (exact) mass is 505 g/mol. The number of nitrogens with zero attached hydrogens (tertiary/aromatic N) is 5. The Kier molecular flexibility index (Phi) is 8.16. The molecule has 0 saturated carbocycles. The molecule has 13 heteroatoms. The minimum absolute atomic E-state index is 0. The number of thiazole rings is 1. The molecular formula is C20H23ClF3N5O3S. The lowest BCUT2D eigenvalue weighted by atomic mass is 10.3. The number of benzene rings is 1. The maximum Gasteiger partial charge on any atom is 0.573 e. The van der Waals surface area contributed by atoms with Crippen molar-refractivity contribution in [1.82, 2.24) is 19.7 Å². The average Bonchev–Trinajstić information content (AvgIpc) is 3.39. The Morgan fingerprint density at radius 1 is 1.27 bits per heavy atom. The van der Waals surface area contributed by atoms with E-state index in [-0.39, 0.29) is 24.1 Å². The van der Waals surface area contributed by atoms with Gasteiger partial charge >= 0.3 is 6.36 Å². The van der Waals surface area contributed by atoms with Crippen LogP contribution in [0.15, 0.2) is 30.5 Å². The molecule has 0 spiro atoms. The topological polar surface area (TPSA) is 72.7 Å². The Morgan fingerprint density at radius 3 is 2.73 bits per heavy atom. The van der Waals surface area contributed by atoms with E-state index in [2.05, 4.69) is 19.7 Å². The molecule has 3 aromatic rings. The third kappa shape index (κ3) is 6.14. The van der Waals surface area contributed by atoms with Crippen molar-refractivity contribution in [2.45, 2.75) is 19.8 Å². The fraction of sp³-hybridized carbons (Fsp3) is 0.450. The van der Waals surface area contributed by atoms with Crippen LogP contribution in [0.3, 0.4) is 0 Å². The molecule has 0 N–H and O–H groups in total. The Hall–Kier alpha value is -2.41. The van der Waals surface area contributed by atoms with Crippen molar-refractivity contribution in [1.29, 1.82) is 0 Å². The summed E-state index contributed by atoms with van der Waals surface area (Å²) in [5.74, 6) is -0.584. The number of hydrogen-bond donors (Lipinski definition) is 0. The quantitative estimate of drug-likeness (QED) is 0.486. The lowest BCUT2D eigenvalue weighted by Crippen LogP contribution is -2.43. The number of aryl methyl sites for hydroxylation is 1. The maximum absolute atomic E-state index is 13.4. The van der Waals surface area contributed by atoms with E-state index in [9.17, 15) is 18.0 Å². The van der Waals surface area contributed by atoms with Gasteiger partial charge in [0.25, 0.3) is 5.91 Å². The number of morpholine rings is 1. The van der Waals surface area contributed by atoms with Gasteiger partial charge in [-0.2, -0.15) is 5.10 Å². The van der Waals surface area contributed by atoms with Crippen molar-refractivity contribution >= 4 is 45.0 Å². The number of hydrogen-bond acceptors (Lipinski definition) is 7. The molecule has 1 amide bonds. The zero-order valence-corrected chi connectivity index (χ0v) is 19.4. The first-order chi connectivity index (χ1) is 15.3. The summed E-state index contributed by atoms with van der Waals surface area (Å²) >= 11 is 1.14. The van der Waals surface area contributed by atoms with Gasteiger partial charge in [0.15, 0.2) is 5.13 Å². The largest absolute Gasteiger partial charge is 0.573 e. The van der Waals surface area contributed by atoms with Gasteiger partial charge in [-0.25, -0.2) is 4.98 Å². The highest BCUT2D eigenvalue weighted by molar-refractivity contribution is 7.22. The fourth-order valence-corrected chi connectivity index (χ4v) is 4.48. The first kappa shape index (κ1) is 25.2. The van der Waals surface area contributed by atoms with Crippen LogP contribution in [0.2, 0.25) is 0 Å². The van der Waals surface area contributed by atoms with E-state index in [1.165, 1.54) is 18.2 Å². The van der Waals surface area contributed by atoms with Crippen LogP contribution >= 0.6 is 23.7 Å². The highest BCUT2D eigenvalue weighted by Crippen LogP contribution is 2.33. The van der Waals surface area contributed by atoms with Gasteiger partial charge in [-0.3, -0.25) is 19.3 Å². The number of amides is 1. The van der Waals surface area contributed by atoms with Crippen LogP contribution in [0.4, 0.5) is 18.3 Å². The lowest BCUT2D eigenvalue weighted by molar-refractivity contribution is -0.274. The van der Waals surface area contributed by atoms with Gasteiger partial charge in [-0.15, -0.1) is 25.6 Å². The lowest BCUT2D eigenvalue weighted by Gasteiger charge is -2.29. The molecule has 0 bridgehead atoms. The third-order valence-electron chi connectivity index (χ3n) is 5.04. The zero-order chi connectivity index (χ0) is 22.7. The summed E-state index contributed by atoms with van der Waals surface area (Å²) < 4.78 is 49.2. The molecular weight excluding hydrogens is 483 g/mol. The Morgan fingerprint density at radius 2 is 2.03 bits per heavy atom. The van der Waals surface area contributed by atoms with Crippen LogP contribution in [-0.4, -0.2) is 71.3 Å². The van der Waals surface area contributed by atoms with Crippen LogP contribution < -0.4 is 9.64 Å². The fourth-order valence-electron chi connectivity index (χ4n) is 3.46. The molecule has 8 nitrogen and oxygen atoms in total. The molecule has 0 unspecified atom stereocenters. The summed E-state index contributed by atoms with van der Waals surface area (Å²) in [4.78, 5) is 21.7. The molecule has 1 fully saturated rings. The second-order valence-electron chi connectivity index (χ2n) is 7.12. The van der Waals surface area contributed by atoms with Gasteiger partial charge in [-0.1, -0.05) is 11.3 Å². The van der Waals surface area contributed by atoms with Crippen LogP contribution in [-0.2, 0) is 11.3 Å². The molecule has 1 aliphatic rings. The predicted molar refractivity (Wildman–Crippen MR) is 120 cm³/mol. The molecule has 2 aromatic heterocycles. The molecule has 0 aliphatic carbocycles. The van der Waals surface area contributed by atoms with Gasteiger partial charge < -0.3 is 9.47 Å². The molecule has 0 atom stereocenters. The second kappa shape index (κ2) is 10.7. The van der Waals surface area contributed by atoms with Crippen molar-refractivity contribution in [3.8, 4) is 5.75 Å². The van der Waals surface area contributed by atoms with Gasteiger partial charge in [0.05, 0.1) is 23.4 Å². The number of carbonyl (C=O) groups excluding carboxylic acids is 1. The van der Waals surface area contributed by atoms with Gasteiger partial charge in [-0.05, 0) is 25.1 Å². The summed E-state index contributed by atoms with van der Waals surface area (Å²) in [6.45, 7) is 6.23. The Bertz CT molecular complexity index is 1080. The minimum atomic E-state index is -4.78. The first-order valence-corrected chi connectivity index (χ1v) is 11.0. The van der Waals surface area contributed by atoms with Gasteiger partial charge in [0.1, 0.15) is 11.4 Å². The summed E-state index contributed by atoms with van der Waals surface area (Å²) in [5.41, 5.74) is 0.919. The smallest absolute Gasteiger partial charge is 0.406 e. The molecule has 3 heterocycles. The van der Waals surface area contributed by atoms with E-state index < -0.39 is 6.36 Å². The summed E-state index contributed by atoms with van der Waals surface area (Å²) in [7, 11) is 0. The van der Waals surface area contributed by atoms with Crippen LogP contribution in [0, 0.1) is 0 Å². The van der Waals surface area contributed by atoms with Crippen molar-refractivity contribution < 1.29 is 27.4 Å². The number of carbonyl (C=O) groups is 1. The van der Waals surface area contributed by atoms with Crippen LogP contribution in [0.5, 0.6) is 5.75 Å². The van der Waals surface area contributed by atoms with E-state index in [1.54, 1.807) is 21.8 Å². The number of alkyl halides is 3. The van der Waals surface area contributed by atoms with Crippen LogP contribution in [0.25, 0.3) is 10.2 Å². The molecule has 180 valence electrons. The molecule has 1 aromatic carbocycles. The molecule has 4 rings (SSSR count). The SMILES string of the molecule is CCn1nccc1C(=O)N(CCN1CCOCC1)c1nc2ccc(OC(F)(F)F)cc2s1.Cl. The van der Waals surface area contributed by atoms with E-state index in [4.69, 9.17) is 4.74 Å². The number of fused-ring (bicyclic) bond motifs is 1. The average molecular weight is 506 g/mol. The minimum Gasteiger partial charge on any atom is -0.406 e. The number of ether oxygens (including phenoxy) is 2. The van der Waals surface area contributed by atoms with Crippen molar-refractivity contribution in [2.24, 2.45) is 0 Å².